The van der Waals surface area contributed by atoms with E-state index in [4.69, 9.17) is 5.26 Å². The Morgan fingerprint density at radius 3 is 2.75 bits per heavy atom. The van der Waals surface area contributed by atoms with Gasteiger partial charge in [0.1, 0.15) is 6.07 Å². The SMILES string of the molecule is Cn1nnc(C#N)n1. The number of nitriles is 1. The van der Waals surface area contributed by atoms with Gasteiger partial charge in [0.05, 0.1) is 7.05 Å². The summed E-state index contributed by atoms with van der Waals surface area (Å²) < 4.78 is 0. The van der Waals surface area contributed by atoms with Crippen molar-refractivity contribution in [2.45, 2.75) is 0 Å². The summed E-state index contributed by atoms with van der Waals surface area (Å²) in [7, 11) is 1.60. The van der Waals surface area contributed by atoms with E-state index in [0.29, 0.717) is 0 Å². The van der Waals surface area contributed by atoms with Crippen LogP contribution >= 0.6 is 0 Å². The molecule has 0 saturated carbocycles. The first-order chi connectivity index (χ1) is 3.83. The van der Waals surface area contributed by atoms with Crippen LogP contribution in [0, 0.1) is 11.3 Å². The van der Waals surface area contributed by atoms with Gasteiger partial charge in [0, 0.05) is 0 Å². The Balaban J connectivity index is 3.05. The fourth-order valence-corrected chi connectivity index (χ4v) is 0.329. The van der Waals surface area contributed by atoms with Gasteiger partial charge < -0.3 is 0 Å². The second-order valence-corrected chi connectivity index (χ2v) is 1.21. The van der Waals surface area contributed by atoms with Crippen molar-refractivity contribution < 1.29 is 0 Å². The summed E-state index contributed by atoms with van der Waals surface area (Å²) in [5.41, 5.74) is 0. The average molecular weight is 109 g/mol. The quantitative estimate of drug-likeness (QED) is 0.432. The molecular formula is C3H3N5. The van der Waals surface area contributed by atoms with Crippen LogP contribution < -0.4 is 0 Å². The molecule has 0 atom stereocenters. The summed E-state index contributed by atoms with van der Waals surface area (Å²) in [5.74, 6) is 0.104. The summed E-state index contributed by atoms with van der Waals surface area (Å²) in [6.07, 6.45) is 0. The molecule has 1 heterocycles. The summed E-state index contributed by atoms with van der Waals surface area (Å²) in [6, 6.07) is 1.74. The molecule has 5 nitrogen and oxygen atoms in total. The molecule has 1 rings (SSSR count). The molecule has 1 aromatic rings. The van der Waals surface area contributed by atoms with Gasteiger partial charge in [-0.25, -0.2) is 0 Å². The van der Waals surface area contributed by atoms with Gasteiger partial charge in [-0.15, -0.1) is 5.10 Å². The first-order valence-corrected chi connectivity index (χ1v) is 1.97. The van der Waals surface area contributed by atoms with E-state index < -0.39 is 0 Å². The molecule has 0 saturated heterocycles. The van der Waals surface area contributed by atoms with Crippen LogP contribution in [0.4, 0.5) is 0 Å². The number of nitrogens with zero attached hydrogens (tertiary/aromatic N) is 5. The smallest absolute Gasteiger partial charge is 0.189 e. The Kier molecular flexibility index (Phi) is 0.929. The summed E-state index contributed by atoms with van der Waals surface area (Å²) in [6.45, 7) is 0. The van der Waals surface area contributed by atoms with E-state index in [1.165, 1.54) is 4.80 Å². The second kappa shape index (κ2) is 1.58. The molecular weight excluding hydrogens is 106 g/mol. The lowest BCUT2D eigenvalue weighted by Gasteiger charge is -1.72. The lowest BCUT2D eigenvalue weighted by atomic mass is 10.7. The Labute approximate surface area is 45.5 Å². The van der Waals surface area contributed by atoms with E-state index in [0.717, 1.165) is 0 Å². The maximum absolute atomic E-state index is 8.12. The van der Waals surface area contributed by atoms with Gasteiger partial charge in [0.2, 0.25) is 0 Å². The molecule has 0 radical (unpaired) electrons. The van der Waals surface area contributed by atoms with Gasteiger partial charge in [-0.05, 0) is 5.21 Å². The molecule has 0 aliphatic carbocycles. The standard InChI is InChI=1S/C3H3N5/c1-8-6-3(2-4)5-7-8/h1H3. The van der Waals surface area contributed by atoms with Gasteiger partial charge in [-0.1, -0.05) is 5.10 Å². The van der Waals surface area contributed by atoms with Crippen molar-refractivity contribution in [3.63, 3.8) is 0 Å². The number of hydrogen-bond donors (Lipinski definition) is 0. The fraction of sp³-hybridized carbons (Fsp3) is 0.333. The zero-order valence-electron chi connectivity index (χ0n) is 4.24. The molecule has 0 fully saturated rings. The van der Waals surface area contributed by atoms with Crippen LogP contribution in [-0.4, -0.2) is 20.2 Å². The Morgan fingerprint density at radius 2 is 2.50 bits per heavy atom. The molecule has 0 amide bonds. The predicted molar refractivity (Wildman–Crippen MR) is 23.5 cm³/mol. The normalized spacial score (nSPS) is 8.50. The molecule has 0 aromatic carbocycles. The van der Waals surface area contributed by atoms with Gasteiger partial charge in [-0.3, -0.25) is 0 Å². The monoisotopic (exact) mass is 109 g/mol. The van der Waals surface area contributed by atoms with Gasteiger partial charge >= 0.3 is 0 Å². The number of rotatable bonds is 0. The molecule has 40 valence electrons. The topological polar surface area (TPSA) is 67.4 Å². The van der Waals surface area contributed by atoms with E-state index >= 15 is 0 Å². The molecule has 0 unspecified atom stereocenters. The highest BCUT2D eigenvalue weighted by Gasteiger charge is 1.92. The van der Waals surface area contributed by atoms with Crippen molar-refractivity contribution >= 4 is 0 Å². The first-order valence-electron chi connectivity index (χ1n) is 1.97. The van der Waals surface area contributed by atoms with Gasteiger partial charge in [0.15, 0.2) is 0 Å². The lowest BCUT2D eigenvalue weighted by Crippen LogP contribution is -1.91. The molecule has 0 aliphatic rings. The van der Waals surface area contributed by atoms with Gasteiger partial charge in [0.25, 0.3) is 5.82 Å². The third-order valence-corrected chi connectivity index (χ3v) is 0.608. The highest BCUT2D eigenvalue weighted by atomic mass is 15.6. The van der Waals surface area contributed by atoms with Crippen molar-refractivity contribution in [3.05, 3.63) is 5.82 Å². The summed E-state index contributed by atoms with van der Waals surface area (Å²) in [5, 5.41) is 18.5. The third kappa shape index (κ3) is 0.632. The lowest BCUT2D eigenvalue weighted by molar-refractivity contribution is 0.629. The van der Waals surface area contributed by atoms with Crippen molar-refractivity contribution in [1.29, 1.82) is 5.26 Å². The van der Waals surface area contributed by atoms with E-state index in [-0.39, 0.29) is 5.82 Å². The van der Waals surface area contributed by atoms with Crippen LogP contribution in [0.5, 0.6) is 0 Å². The molecule has 8 heavy (non-hydrogen) atoms. The summed E-state index contributed by atoms with van der Waals surface area (Å²) in [4.78, 5) is 1.23. The number of hydrogen-bond acceptors (Lipinski definition) is 4. The molecule has 0 bridgehead atoms. The van der Waals surface area contributed by atoms with Crippen molar-refractivity contribution in [2.75, 3.05) is 0 Å². The molecule has 0 N–H and O–H groups in total. The first kappa shape index (κ1) is 4.71. The van der Waals surface area contributed by atoms with Crippen LogP contribution in [0.2, 0.25) is 0 Å². The van der Waals surface area contributed by atoms with Crippen LogP contribution in [-0.2, 0) is 7.05 Å². The van der Waals surface area contributed by atoms with Crippen molar-refractivity contribution in [2.24, 2.45) is 7.05 Å². The Morgan fingerprint density at radius 1 is 1.75 bits per heavy atom. The Hall–Kier alpha value is -1.44. The second-order valence-electron chi connectivity index (χ2n) is 1.21. The van der Waals surface area contributed by atoms with Crippen molar-refractivity contribution in [3.8, 4) is 6.07 Å². The van der Waals surface area contributed by atoms with Crippen LogP contribution in [0.15, 0.2) is 0 Å². The zero-order valence-corrected chi connectivity index (χ0v) is 4.24. The number of tetrazole rings is 1. The highest BCUT2D eigenvalue weighted by Crippen LogP contribution is 1.75. The minimum absolute atomic E-state index is 0.104. The van der Waals surface area contributed by atoms with E-state index in [9.17, 15) is 0 Å². The van der Waals surface area contributed by atoms with E-state index in [1.807, 2.05) is 0 Å². The number of aryl methyl sites for hydroxylation is 1. The van der Waals surface area contributed by atoms with Crippen LogP contribution in [0.1, 0.15) is 5.82 Å². The third-order valence-electron chi connectivity index (χ3n) is 0.608. The minimum Gasteiger partial charge on any atom is -0.189 e. The zero-order chi connectivity index (χ0) is 5.98. The summed E-state index contributed by atoms with van der Waals surface area (Å²) >= 11 is 0. The van der Waals surface area contributed by atoms with E-state index in [2.05, 4.69) is 15.4 Å². The predicted octanol–water partition coefficient (Wildman–Crippen LogP) is -0.918. The highest BCUT2D eigenvalue weighted by molar-refractivity contribution is 5.02. The van der Waals surface area contributed by atoms with Crippen molar-refractivity contribution in [1.82, 2.24) is 20.2 Å². The molecule has 1 aromatic heterocycles. The molecule has 0 spiro atoms. The fourth-order valence-electron chi connectivity index (χ4n) is 0.329. The maximum atomic E-state index is 8.12. The van der Waals surface area contributed by atoms with Gasteiger partial charge in [-0.2, -0.15) is 10.1 Å². The molecule has 5 heteroatoms. The molecule has 0 aliphatic heterocycles. The average Bonchev–Trinajstić information content (AvgIpc) is 2.14. The number of aromatic nitrogens is 4. The van der Waals surface area contributed by atoms with Crippen LogP contribution in [0.25, 0.3) is 0 Å². The minimum atomic E-state index is 0.104. The largest absolute Gasteiger partial charge is 0.273 e. The van der Waals surface area contributed by atoms with E-state index in [1.54, 1.807) is 13.1 Å². The maximum Gasteiger partial charge on any atom is 0.273 e. The van der Waals surface area contributed by atoms with Crippen LogP contribution in [0.3, 0.4) is 0 Å². The Bertz CT molecular complexity index is 218.